The molecule has 0 bridgehead atoms. The zero-order chi connectivity index (χ0) is 19.8. The van der Waals surface area contributed by atoms with Gasteiger partial charge < -0.3 is 5.32 Å². The van der Waals surface area contributed by atoms with Gasteiger partial charge >= 0.3 is 0 Å². The van der Waals surface area contributed by atoms with E-state index in [0.29, 0.717) is 22.5 Å². The summed E-state index contributed by atoms with van der Waals surface area (Å²) in [4.78, 5) is 32.3. The van der Waals surface area contributed by atoms with Crippen LogP contribution in [0.25, 0.3) is 10.9 Å². The largest absolute Gasteiger partial charge is 0.307 e. The van der Waals surface area contributed by atoms with E-state index in [4.69, 9.17) is 0 Å². The number of amides is 1. The van der Waals surface area contributed by atoms with Crippen LogP contribution < -0.4 is 10.9 Å². The second-order valence-corrected chi connectivity index (χ2v) is 7.33. The fourth-order valence-electron chi connectivity index (χ4n) is 3.02. The first-order valence-electron chi connectivity index (χ1n) is 9.16. The lowest BCUT2D eigenvalue weighted by molar-refractivity contribution is -0.117. The second-order valence-electron chi connectivity index (χ2n) is 7.33. The number of carbonyl (C=O) groups excluding carboxylic acids is 1. The number of nitrogens with zero attached hydrogens (tertiary/aromatic N) is 6. The predicted octanol–water partition coefficient (Wildman–Crippen LogP) is 1.69. The molecule has 0 saturated heterocycles. The first kappa shape index (κ1) is 18.2. The van der Waals surface area contributed by atoms with Crippen molar-refractivity contribution in [1.82, 2.24) is 29.5 Å². The summed E-state index contributed by atoms with van der Waals surface area (Å²) in [6.45, 7) is 4.34. The van der Waals surface area contributed by atoms with Crippen LogP contribution >= 0.6 is 0 Å². The molecule has 1 saturated carbocycles. The Bertz CT molecular complexity index is 1100. The van der Waals surface area contributed by atoms with Gasteiger partial charge in [0.25, 0.3) is 5.56 Å². The quantitative estimate of drug-likeness (QED) is 0.692. The Balaban J connectivity index is 1.66. The summed E-state index contributed by atoms with van der Waals surface area (Å²) in [7, 11) is 0. The summed E-state index contributed by atoms with van der Waals surface area (Å²) in [6.07, 6.45) is 6.28. The molecule has 3 heterocycles. The monoisotopic (exact) mass is 385 g/mol. The van der Waals surface area contributed by atoms with Gasteiger partial charge in [0.1, 0.15) is 12.9 Å². The first-order chi connectivity index (χ1) is 13.4. The van der Waals surface area contributed by atoms with Gasteiger partial charge in [-0.2, -0.15) is 10.2 Å². The lowest BCUT2D eigenvalue weighted by Gasteiger charge is -2.10. The summed E-state index contributed by atoms with van der Waals surface area (Å²) in [5.41, 5.74) is 0.533. The summed E-state index contributed by atoms with van der Waals surface area (Å²) in [5, 5.41) is 11.8. The average molecular weight is 385 g/mol. The maximum absolute atomic E-state index is 13.6. The Kier molecular flexibility index (Phi) is 4.62. The first-order valence-corrected chi connectivity index (χ1v) is 9.16. The Hall–Kier alpha value is -3.17. The number of rotatable bonds is 6. The predicted molar refractivity (Wildman–Crippen MR) is 99.2 cm³/mol. The van der Waals surface area contributed by atoms with Gasteiger partial charge in [0, 0.05) is 18.1 Å². The highest BCUT2D eigenvalue weighted by Gasteiger charge is 2.24. The maximum atomic E-state index is 13.6. The molecule has 1 fully saturated rings. The smallest absolute Gasteiger partial charge is 0.295 e. The molecule has 0 aliphatic heterocycles. The van der Waals surface area contributed by atoms with Crippen molar-refractivity contribution < 1.29 is 9.18 Å². The summed E-state index contributed by atoms with van der Waals surface area (Å²) < 4.78 is 16.5. The van der Waals surface area contributed by atoms with Gasteiger partial charge in [-0.15, -0.1) is 0 Å². The third-order valence-electron chi connectivity index (χ3n) is 4.61. The molecule has 0 aromatic carbocycles. The van der Waals surface area contributed by atoms with Crippen LogP contribution in [-0.4, -0.2) is 35.4 Å². The molecular weight excluding hydrogens is 365 g/mol. The SMILES string of the molecule is CC(C)c1nn(CC(=O)Nc2ncncc2F)c(=O)c2nn(CC3CC3)cc12. The third kappa shape index (κ3) is 3.62. The topological polar surface area (TPSA) is 108 Å². The summed E-state index contributed by atoms with van der Waals surface area (Å²) in [6, 6.07) is 0. The van der Waals surface area contributed by atoms with Gasteiger partial charge in [-0.1, -0.05) is 13.8 Å². The van der Waals surface area contributed by atoms with Gasteiger partial charge in [-0.25, -0.2) is 19.0 Å². The van der Waals surface area contributed by atoms with Crippen molar-refractivity contribution in [2.45, 2.75) is 45.7 Å². The van der Waals surface area contributed by atoms with E-state index in [1.54, 1.807) is 4.68 Å². The van der Waals surface area contributed by atoms with Crippen molar-refractivity contribution in [3.63, 3.8) is 0 Å². The van der Waals surface area contributed by atoms with Crippen molar-refractivity contribution in [3.05, 3.63) is 40.6 Å². The zero-order valence-electron chi connectivity index (χ0n) is 15.6. The van der Waals surface area contributed by atoms with E-state index in [0.717, 1.165) is 23.8 Å². The van der Waals surface area contributed by atoms with Crippen LogP contribution in [-0.2, 0) is 17.9 Å². The number of fused-ring (bicyclic) bond motifs is 1. The van der Waals surface area contributed by atoms with Crippen LogP contribution in [0.15, 0.2) is 23.5 Å². The molecule has 1 N–H and O–H groups in total. The molecule has 0 radical (unpaired) electrons. The van der Waals surface area contributed by atoms with Crippen molar-refractivity contribution in [2.24, 2.45) is 5.92 Å². The molecule has 3 aromatic rings. The summed E-state index contributed by atoms with van der Waals surface area (Å²) >= 11 is 0. The molecule has 9 nitrogen and oxygen atoms in total. The average Bonchev–Trinajstić information content (AvgIpc) is 3.35. The molecule has 0 spiro atoms. The van der Waals surface area contributed by atoms with Crippen LogP contribution in [0.4, 0.5) is 10.2 Å². The Morgan fingerprint density at radius 1 is 1.36 bits per heavy atom. The van der Waals surface area contributed by atoms with Crippen molar-refractivity contribution in [3.8, 4) is 0 Å². The second kappa shape index (κ2) is 7.10. The number of halogens is 1. The minimum absolute atomic E-state index is 0.0373. The molecule has 28 heavy (non-hydrogen) atoms. The molecule has 3 aromatic heterocycles. The fraction of sp³-hybridized carbons (Fsp3) is 0.444. The zero-order valence-corrected chi connectivity index (χ0v) is 15.6. The van der Waals surface area contributed by atoms with Crippen molar-refractivity contribution >= 4 is 22.6 Å². The molecule has 1 amide bonds. The number of hydrogen-bond donors (Lipinski definition) is 1. The maximum Gasteiger partial charge on any atom is 0.295 e. The van der Waals surface area contributed by atoms with E-state index in [-0.39, 0.29) is 18.3 Å². The van der Waals surface area contributed by atoms with Crippen molar-refractivity contribution in [2.75, 3.05) is 5.32 Å². The van der Waals surface area contributed by atoms with E-state index in [1.165, 1.54) is 12.8 Å². The van der Waals surface area contributed by atoms with E-state index >= 15 is 0 Å². The van der Waals surface area contributed by atoms with Crippen LogP contribution in [0, 0.1) is 11.7 Å². The number of hydrogen-bond acceptors (Lipinski definition) is 6. The number of anilines is 1. The number of nitrogens with one attached hydrogen (secondary N) is 1. The molecule has 1 aliphatic rings. The van der Waals surface area contributed by atoms with E-state index < -0.39 is 17.3 Å². The molecule has 4 rings (SSSR count). The Morgan fingerprint density at radius 2 is 2.14 bits per heavy atom. The van der Waals surface area contributed by atoms with Crippen LogP contribution in [0.1, 0.15) is 38.3 Å². The highest BCUT2D eigenvalue weighted by molar-refractivity contribution is 5.89. The third-order valence-corrected chi connectivity index (χ3v) is 4.61. The molecule has 146 valence electrons. The number of aromatic nitrogens is 6. The Labute approximate surface area is 159 Å². The lowest BCUT2D eigenvalue weighted by Crippen LogP contribution is -2.31. The molecule has 1 aliphatic carbocycles. The van der Waals surface area contributed by atoms with Gasteiger partial charge in [0.05, 0.1) is 11.9 Å². The van der Waals surface area contributed by atoms with Gasteiger partial charge in [0.15, 0.2) is 17.2 Å². The number of carbonyl (C=O) groups is 1. The van der Waals surface area contributed by atoms with Crippen molar-refractivity contribution in [1.29, 1.82) is 0 Å². The summed E-state index contributed by atoms with van der Waals surface area (Å²) in [5.74, 6) is -0.963. The van der Waals surface area contributed by atoms with Gasteiger partial charge in [0.2, 0.25) is 5.91 Å². The highest BCUT2D eigenvalue weighted by atomic mass is 19.1. The standard InChI is InChI=1S/C18H20FN7O2/c1-10(2)15-12-7-25(6-11-3-4-11)23-16(12)18(28)26(24-15)8-14(27)22-17-13(19)5-20-9-21-17/h5,7,9-11H,3-4,6,8H2,1-2H3,(H,20,21,22,27). The van der Waals surface area contributed by atoms with Crippen LogP contribution in [0.3, 0.4) is 0 Å². The van der Waals surface area contributed by atoms with E-state index in [2.05, 4.69) is 25.5 Å². The normalized spacial score (nSPS) is 14.0. The lowest BCUT2D eigenvalue weighted by atomic mass is 10.1. The molecular formula is C18H20FN7O2. The Morgan fingerprint density at radius 3 is 2.82 bits per heavy atom. The van der Waals surface area contributed by atoms with Gasteiger partial charge in [-0.05, 0) is 24.7 Å². The van der Waals surface area contributed by atoms with Crippen LogP contribution in [0.5, 0.6) is 0 Å². The molecule has 0 atom stereocenters. The minimum Gasteiger partial charge on any atom is -0.307 e. The highest BCUT2D eigenvalue weighted by Crippen LogP contribution is 2.31. The minimum atomic E-state index is -0.756. The van der Waals surface area contributed by atoms with E-state index in [9.17, 15) is 14.0 Å². The van der Waals surface area contributed by atoms with Crippen LogP contribution in [0.2, 0.25) is 0 Å². The van der Waals surface area contributed by atoms with E-state index in [1.807, 2.05) is 20.0 Å². The molecule has 10 heteroatoms. The molecule has 0 unspecified atom stereocenters. The fourth-order valence-corrected chi connectivity index (χ4v) is 3.02. The van der Waals surface area contributed by atoms with Gasteiger partial charge in [-0.3, -0.25) is 14.3 Å².